The Morgan fingerprint density at radius 3 is 2.74 bits per heavy atom. The van der Waals surface area contributed by atoms with Gasteiger partial charge < -0.3 is 20.6 Å². The lowest BCUT2D eigenvalue weighted by atomic mass is 10.1. The molecule has 1 atom stereocenters. The fourth-order valence-electron chi connectivity index (χ4n) is 1.45. The highest BCUT2D eigenvalue weighted by molar-refractivity contribution is 5.98. The molecule has 1 aromatic carbocycles. The van der Waals surface area contributed by atoms with Crippen LogP contribution >= 0.6 is 0 Å². The molecule has 3 N–H and O–H groups in total. The van der Waals surface area contributed by atoms with Gasteiger partial charge in [-0.2, -0.15) is 0 Å². The number of methoxy groups -OCH3 is 1. The highest BCUT2D eigenvalue weighted by Crippen LogP contribution is 2.19. The van der Waals surface area contributed by atoms with Gasteiger partial charge in [-0.15, -0.1) is 0 Å². The number of hydrogen-bond acceptors (Lipinski definition) is 4. The SMILES string of the molecule is COc1cc(C(=O)N(C)C(C)/C(N)=N/O)ccc1F. The number of nitrogens with two attached hydrogens (primary N) is 1. The van der Waals surface area contributed by atoms with Crippen molar-refractivity contribution >= 4 is 11.7 Å². The van der Waals surface area contributed by atoms with Gasteiger partial charge in [0.25, 0.3) is 5.91 Å². The number of rotatable bonds is 4. The molecule has 0 saturated heterocycles. The first-order valence-electron chi connectivity index (χ1n) is 5.50. The van der Waals surface area contributed by atoms with Crippen molar-refractivity contribution in [3.05, 3.63) is 29.6 Å². The second-order valence-electron chi connectivity index (χ2n) is 3.97. The molecule has 0 aromatic heterocycles. The van der Waals surface area contributed by atoms with Crippen molar-refractivity contribution in [3.8, 4) is 5.75 Å². The van der Waals surface area contributed by atoms with Gasteiger partial charge in [-0.05, 0) is 25.1 Å². The van der Waals surface area contributed by atoms with Crippen LogP contribution in [0, 0.1) is 5.82 Å². The second kappa shape index (κ2) is 6.03. The average Bonchev–Trinajstić information content (AvgIpc) is 2.44. The molecular formula is C12H16FN3O3. The number of benzene rings is 1. The summed E-state index contributed by atoms with van der Waals surface area (Å²) in [5.41, 5.74) is 5.68. The first-order chi connectivity index (χ1) is 8.92. The third-order valence-corrected chi connectivity index (χ3v) is 2.84. The molecule has 0 saturated carbocycles. The summed E-state index contributed by atoms with van der Waals surface area (Å²) in [7, 11) is 2.82. The Labute approximate surface area is 110 Å². The topological polar surface area (TPSA) is 88.2 Å². The predicted octanol–water partition coefficient (Wildman–Crippen LogP) is 1.04. The molecule has 1 aromatic rings. The van der Waals surface area contributed by atoms with Crippen molar-refractivity contribution in [2.24, 2.45) is 10.9 Å². The number of oxime groups is 1. The van der Waals surface area contributed by atoms with Crippen LogP contribution in [0.2, 0.25) is 0 Å². The molecule has 0 spiro atoms. The van der Waals surface area contributed by atoms with Crippen LogP contribution in [0.3, 0.4) is 0 Å². The summed E-state index contributed by atoms with van der Waals surface area (Å²) in [4.78, 5) is 13.4. The first-order valence-corrected chi connectivity index (χ1v) is 5.50. The Morgan fingerprint density at radius 2 is 2.21 bits per heavy atom. The molecule has 6 nitrogen and oxygen atoms in total. The average molecular weight is 269 g/mol. The second-order valence-corrected chi connectivity index (χ2v) is 3.97. The highest BCUT2D eigenvalue weighted by atomic mass is 19.1. The molecule has 1 unspecified atom stereocenters. The molecule has 0 aliphatic heterocycles. The third-order valence-electron chi connectivity index (χ3n) is 2.84. The number of likely N-dealkylation sites (N-methyl/N-ethyl adjacent to an activating group) is 1. The summed E-state index contributed by atoms with van der Waals surface area (Å²) < 4.78 is 18.1. The Bertz CT molecular complexity index is 505. The molecule has 19 heavy (non-hydrogen) atoms. The van der Waals surface area contributed by atoms with Crippen molar-refractivity contribution in [3.63, 3.8) is 0 Å². The fraction of sp³-hybridized carbons (Fsp3) is 0.333. The standard InChI is InChI=1S/C12H16FN3O3/c1-7(11(14)15-18)16(2)12(17)8-4-5-9(13)10(6-8)19-3/h4-7,18H,1-3H3,(H2,14,15). The van der Waals surface area contributed by atoms with E-state index in [2.05, 4.69) is 5.16 Å². The van der Waals surface area contributed by atoms with Crippen LogP contribution in [0.4, 0.5) is 4.39 Å². The van der Waals surface area contributed by atoms with E-state index in [9.17, 15) is 9.18 Å². The smallest absolute Gasteiger partial charge is 0.254 e. The molecule has 0 radical (unpaired) electrons. The molecule has 0 aliphatic carbocycles. The summed E-state index contributed by atoms with van der Waals surface area (Å²) in [6.07, 6.45) is 0. The normalized spacial score (nSPS) is 12.9. The first kappa shape index (κ1) is 14.7. The van der Waals surface area contributed by atoms with E-state index in [0.29, 0.717) is 0 Å². The monoisotopic (exact) mass is 269 g/mol. The number of halogens is 1. The minimum atomic E-state index is -0.589. The van der Waals surface area contributed by atoms with Crippen LogP contribution in [0.5, 0.6) is 5.75 Å². The van der Waals surface area contributed by atoms with E-state index in [1.165, 1.54) is 31.2 Å². The Kier molecular flexibility index (Phi) is 4.68. The zero-order valence-electron chi connectivity index (χ0n) is 10.9. The van der Waals surface area contributed by atoms with E-state index in [1.807, 2.05) is 0 Å². The van der Waals surface area contributed by atoms with E-state index in [-0.39, 0.29) is 17.1 Å². The van der Waals surface area contributed by atoms with Gasteiger partial charge in [-0.25, -0.2) is 4.39 Å². The minimum Gasteiger partial charge on any atom is -0.494 e. The number of carbonyl (C=O) groups excluding carboxylic acids is 1. The summed E-state index contributed by atoms with van der Waals surface area (Å²) in [6.45, 7) is 1.60. The van der Waals surface area contributed by atoms with Crippen LogP contribution in [0.1, 0.15) is 17.3 Å². The third kappa shape index (κ3) is 3.12. The van der Waals surface area contributed by atoms with Crippen LogP contribution in [-0.4, -0.2) is 42.0 Å². The largest absolute Gasteiger partial charge is 0.494 e. The molecule has 7 heteroatoms. The van der Waals surface area contributed by atoms with Crippen LogP contribution in [0.15, 0.2) is 23.4 Å². The summed E-state index contributed by atoms with van der Waals surface area (Å²) in [6, 6.07) is 3.20. The van der Waals surface area contributed by atoms with Gasteiger partial charge in [-0.1, -0.05) is 5.16 Å². The van der Waals surface area contributed by atoms with Gasteiger partial charge >= 0.3 is 0 Å². The van der Waals surface area contributed by atoms with Crippen LogP contribution < -0.4 is 10.5 Å². The molecule has 104 valence electrons. The van der Waals surface area contributed by atoms with E-state index < -0.39 is 17.8 Å². The summed E-state index contributed by atoms with van der Waals surface area (Å²) in [5, 5.41) is 11.4. The molecule has 0 aliphatic rings. The number of nitrogens with zero attached hydrogens (tertiary/aromatic N) is 2. The van der Waals surface area contributed by atoms with E-state index in [0.717, 1.165) is 6.07 Å². The maximum absolute atomic E-state index is 13.3. The van der Waals surface area contributed by atoms with Gasteiger partial charge in [0, 0.05) is 12.6 Å². The van der Waals surface area contributed by atoms with Gasteiger partial charge in [0.1, 0.15) is 0 Å². The van der Waals surface area contributed by atoms with Crippen molar-refractivity contribution < 1.29 is 19.1 Å². The number of hydrogen-bond donors (Lipinski definition) is 2. The zero-order valence-corrected chi connectivity index (χ0v) is 10.9. The maximum Gasteiger partial charge on any atom is 0.254 e. The fourth-order valence-corrected chi connectivity index (χ4v) is 1.45. The van der Waals surface area contributed by atoms with E-state index >= 15 is 0 Å². The number of carbonyl (C=O) groups is 1. The quantitative estimate of drug-likeness (QED) is 0.370. The summed E-state index contributed by atoms with van der Waals surface area (Å²) in [5.74, 6) is -1.05. The van der Waals surface area contributed by atoms with Crippen LogP contribution in [0.25, 0.3) is 0 Å². The molecule has 0 bridgehead atoms. The van der Waals surface area contributed by atoms with Crippen molar-refractivity contribution in [1.29, 1.82) is 0 Å². The molecule has 1 amide bonds. The van der Waals surface area contributed by atoms with Crippen molar-refractivity contribution in [1.82, 2.24) is 4.90 Å². The van der Waals surface area contributed by atoms with Crippen molar-refractivity contribution in [2.45, 2.75) is 13.0 Å². The summed E-state index contributed by atoms with van der Waals surface area (Å²) >= 11 is 0. The lowest BCUT2D eigenvalue weighted by Crippen LogP contribution is -2.43. The van der Waals surface area contributed by atoms with Crippen molar-refractivity contribution in [2.75, 3.05) is 14.2 Å². The Hall–Kier alpha value is -2.31. The molecular weight excluding hydrogens is 253 g/mol. The molecule has 1 rings (SSSR count). The Balaban J connectivity index is 3.00. The minimum absolute atomic E-state index is 0.0179. The van der Waals surface area contributed by atoms with Gasteiger partial charge in [0.2, 0.25) is 0 Å². The van der Waals surface area contributed by atoms with E-state index in [4.69, 9.17) is 15.7 Å². The number of ether oxygens (including phenoxy) is 1. The van der Waals surface area contributed by atoms with Crippen LogP contribution in [-0.2, 0) is 0 Å². The van der Waals surface area contributed by atoms with Gasteiger partial charge in [0.15, 0.2) is 17.4 Å². The number of amidine groups is 1. The Morgan fingerprint density at radius 1 is 1.58 bits per heavy atom. The van der Waals surface area contributed by atoms with Gasteiger partial charge in [-0.3, -0.25) is 4.79 Å². The van der Waals surface area contributed by atoms with E-state index in [1.54, 1.807) is 6.92 Å². The van der Waals surface area contributed by atoms with Gasteiger partial charge in [0.05, 0.1) is 13.2 Å². The lowest BCUT2D eigenvalue weighted by Gasteiger charge is -2.23. The predicted molar refractivity (Wildman–Crippen MR) is 67.9 cm³/mol. The maximum atomic E-state index is 13.3. The number of amides is 1. The lowest BCUT2D eigenvalue weighted by molar-refractivity contribution is 0.0776. The zero-order chi connectivity index (χ0) is 14.6. The highest BCUT2D eigenvalue weighted by Gasteiger charge is 2.21. The molecule has 0 heterocycles. The molecule has 0 fully saturated rings.